The highest BCUT2D eigenvalue weighted by Crippen LogP contribution is 2.29. The van der Waals surface area contributed by atoms with E-state index in [1.807, 2.05) is 0 Å². The Morgan fingerprint density at radius 2 is 1.53 bits per heavy atom. The van der Waals surface area contributed by atoms with Crippen LogP contribution in [0.2, 0.25) is 10.0 Å². The third kappa shape index (κ3) is 8.92. The summed E-state index contributed by atoms with van der Waals surface area (Å²) >= 11 is 13.3. The summed E-state index contributed by atoms with van der Waals surface area (Å²) in [5, 5.41) is 19.4. The Kier molecular flexibility index (Phi) is 10.6. The fourth-order valence-electron chi connectivity index (χ4n) is 3.72. The summed E-state index contributed by atoms with van der Waals surface area (Å²) in [4.78, 5) is 50.2. The van der Waals surface area contributed by atoms with Crippen molar-refractivity contribution in [3.05, 3.63) is 134 Å². The van der Waals surface area contributed by atoms with Crippen LogP contribution in [-0.2, 0) is 9.59 Å². The Labute approximate surface area is 261 Å². The first-order chi connectivity index (χ1) is 20.6. The van der Waals surface area contributed by atoms with Gasteiger partial charge in [0.1, 0.15) is 5.70 Å². The van der Waals surface area contributed by atoms with Crippen molar-refractivity contribution in [2.75, 3.05) is 10.6 Å². The van der Waals surface area contributed by atoms with Crippen molar-refractivity contribution in [1.82, 2.24) is 5.32 Å². The van der Waals surface area contributed by atoms with Crippen LogP contribution in [0.25, 0.3) is 6.08 Å². The van der Waals surface area contributed by atoms with Gasteiger partial charge in [-0.3, -0.25) is 24.5 Å². The van der Waals surface area contributed by atoms with Crippen LogP contribution in [0.15, 0.2) is 108 Å². The first-order valence-electron chi connectivity index (χ1n) is 12.8. The average molecular weight is 636 g/mol. The predicted octanol–water partition coefficient (Wildman–Crippen LogP) is 7.43. The molecular weight excluding hydrogens is 611 g/mol. The lowest BCUT2D eigenvalue weighted by Crippen LogP contribution is -2.30. The first kappa shape index (κ1) is 31.3. The maximum absolute atomic E-state index is 13.4. The molecule has 0 bridgehead atoms. The second-order valence-electron chi connectivity index (χ2n) is 9.09. The van der Waals surface area contributed by atoms with E-state index in [0.717, 1.165) is 0 Å². The van der Waals surface area contributed by atoms with Gasteiger partial charge in [0.05, 0.1) is 20.2 Å². The SMILES string of the molecule is CC(Sc1cccc(NC(=O)/C(=C\c2ccc([N+](=O)[O-])cc2)NC(=O)c2ccccc2)c1)C(=O)Nc1ccc(Cl)c(Cl)c1. The van der Waals surface area contributed by atoms with E-state index in [4.69, 9.17) is 23.2 Å². The third-order valence-electron chi connectivity index (χ3n) is 5.90. The van der Waals surface area contributed by atoms with Crippen molar-refractivity contribution < 1.29 is 19.3 Å². The standard InChI is InChI=1S/C31H24Cl2N4O5S/c1-19(29(38)34-23-12-15-26(32)27(33)18-23)43-25-9-5-8-22(17-25)35-31(40)28(36-30(39)21-6-3-2-4-7-21)16-20-10-13-24(14-11-20)37(41)42/h2-19H,1H3,(H,34,38)(H,35,40)(H,36,39)/b28-16+. The number of nitro groups is 1. The highest BCUT2D eigenvalue weighted by Gasteiger charge is 2.18. The first-order valence-corrected chi connectivity index (χ1v) is 14.4. The number of non-ortho nitro benzene ring substituents is 1. The number of carbonyl (C=O) groups excluding carboxylic acids is 3. The monoisotopic (exact) mass is 634 g/mol. The number of nitrogens with zero attached hydrogens (tertiary/aromatic N) is 1. The fourth-order valence-corrected chi connectivity index (χ4v) is 4.95. The lowest BCUT2D eigenvalue weighted by atomic mass is 10.1. The molecule has 0 aliphatic carbocycles. The number of rotatable bonds is 10. The van der Waals surface area contributed by atoms with E-state index in [9.17, 15) is 24.5 Å². The van der Waals surface area contributed by atoms with Crippen molar-refractivity contribution in [3.63, 3.8) is 0 Å². The van der Waals surface area contributed by atoms with Crippen molar-refractivity contribution in [3.8, 4) is 0 Å². The van der Waals surface area contributed by atoms with Gasteiger partial charge in [-0.15, -0.1) is 11.8 Å². The minimum atomic E-state index is -0.616. The molecule has 12 heteroatoms. The molecule has 4 aromatic carbocycles. The molecule has 4 aromatic rings. The maximum Gasteiger partial charge on any atom is 0.272 e. The topological polar surface area (TPSA) is 130 Å². The number of hydrogen-bond acceptors (Lipinski definition) is 6. The molecule has 0 saturated carbocycles. The van der Waals surface area contributed by atoms with Gasteiger partial charge in [-0.05, 0) is 79.2 Å². The summed E-state index contributed by atoms with van der Waals surface area (Å²) in [6, 6.07) is 25.6. The number of hydrogen-bond donors (Lipinski definition) is 3. The molecule has 3 amide bonds. The number of nitrogens with one attached hydrogen (secondary N) is 3. The Morgan fingerprint density at radius 1 is 0.837 bits per heavy atom. The zero-order chi connectivity index (χ0) is 30.9. The van der Waals surface area contributed by atoms with Crippen LogP contribution in [0.1, 0.15) is 22.8 Å². The summed E-state index contributed by atoms with van der Waals surface area (Å²) < 4.78 is 0. The number of carbonyl (C=O) groups is 3. The van der Waals surface area contributed by atoms with E-state index < -0.39 is 22.0 Å². The van der Waals surface area contributed by atoms with Crippen molar-refractivity contribution in [2.45, 2.75) is 17.1 Å². The van der Waals surface area contributed by atoms with Gasteiger partial charge >= 0.3 is 0 Å². The minimum Gasteiger partial charge on any atom is -0.325 e. The Morgan fingerprint density at radius 3 is 2.21 bits per heavy atom. The molecule has 218 valence electrons. The molecule has 0 saturated heterocycles. The normalized spacial score (nSPS) is 11.7. The molecule has 0 fully saturated rings. The zero-order valence-corrected chi connectivity index (χ0v) is 24.9. The minimum absolute atomic E-state index is 0.0740. The number of nitro benzene ring substituents is 1. The van der Waals surface area contributed by atoms with Gasteiger partial charge in [-0.25, -0.2) is 0 Å². The Hall–Kier alpha value is -4.64. The number of halogens is 2. The van der Waals surface area contributed by atoms with Crippen LogP contribution in [0, 0.1) is 10.1 Å². The average Bonchev–Trinajstić information content (AvgIpc) is 2.99. The van der Waals surface area contributed by atoms with Crippen LogP contribution >= 0.6 is 35.0 Å². The van der Waals surface area contributed by atoms with E-state index in [0.29, 0.717) is 37.4 Å². The Bertz CT molecular complexity index is 1700. The van der Waals surface area contributed by atoms with Gasteiger partial charge < -0.3 is 16.0 Å². The van der Waals surface area contributed by atoms with E-state index in [-0.39, 0.29) is 17.3 Å². The zero-order valence-electron chi connectivity index (χ0n) is 22.5. The summed E-state index contributed by atoms with van der Waals surface area (Å²) in [5.74, 6) is -1.38. The van der Waals surface area contributed by atoms with Crippen LogP contribution in [0.5, 0.6) is 0 Å². The van der Waals surface area contributed by atoms with Gasteiger partial charge in [-0.2, -0.15) is 0 Å². The van der Waals surface area contributed by atoms with Crippen molar-refractivity contribution >= 4 is 75.8 Å². The fraction of sp³-hybridized carbons (Fsp3) is 0.0645. The van der Waals surface area contributed by atoms with Gasteiger partial charge in [0.25, 0.3) is 17.5 Å². The lowest BCUT2D eigenvalue weighted by molar-refractivity contribution is -0.384. The molecule has 0 heterocycles. The van der Waals surface area contributed by atoms with Crippen LogP contribution in [0.3, 0.4) is 0 Å². The Balaban J connectivity index is 1.49. The molecule has 0 radical (unpaired) electrons. The second-order valence-corrected chi connectivity index (χ2v) is 11.3. The molecule has 43 heavy (non-hydrogen) atoms. The van der Waals surface area contributed by atoms with Gasteiger partial charge in [0.15, 0.2) is 0 Å². The number of thioether (sulfide) groups is 1. The summed E-state index contributed by atoms with van der Waals surface area (Å²) in [7, 11) is 0. The summed E-state index contributed by atoms with van der Waals surface area (Å²) in [6.45, 7) is 1.74. The number of anilines is 2. The second kappa shape index (κ2) is 14.5. The quantitative estimate of drug-likeness (QED) is 0.0719. The smallest absolute Gasteiger partial charge is 0.272 e. The maximum atomic E-state index is 13.4. The molecule has 1 atom stereocenters. The van der Waals surface area contributed by atoms with E-state index >= 15 is 0 Å². The van der Waals surface area contributed by atoms with Crippen LogP contribution in [-0.4, -0.2) is 27.9 Å². The van der Waals surface area contributed by atoms with Gasteiger partial charge in [0, 0.05) is 34.0 Å². The van der Waals surface area contributed by atoms with Gasteiger partial charge in [-0.1, -0.05) is 47.5 Å². The molecule has 0 aromatic heterocycles. The van der Waals surface area contributed by atoms with E-state index in [1.54, 1.807) is 79.7 Å². The van der Waals surface area contributed by atoms with Gasteiger partial charge in [0.2, 0.25) is 5.91 Å². The molecule has 0 aliphatic rings. The largest absolute Gasteiger partial charge is 0.325 e. The van der Waals surface area contributed by atoms with E-state index in [2.05, 4.69) is 16.0 Å². The van der Waals surface area contributed by atoms with Crippen molar-refractivity contribution in [2.24, 2.45) is 0 Å². The summed E-state index contributed by atoms with van der Waals surface area (Å²) in [5.41, 5.74) is 1.57. The molecule has 3 N–H and O–H groups in total. The van der Waals surface area contributed by atoms with Crippen LogP contribution < -0.4 is 16.0 Å². The molecular formula is C31H24Cl2N4O5S. The number of amides is 3. The third-order valence-corrected chi connectivity index (χ3v) is 7.74. The molecule has 9 nitrogen and oxygen atoms in total. The molecule has 0 aliphatic heterocycles. The van der Waals surface area contributed by atoms with E-state index in [1.165, 1.54) is 42.1 Å². The summed E-state index contributed by atoms with van der Waals surface area (Å²) in [6.07, 6.45) is 1.42. The lowest BCUT2D eigenvalue weighted by Gasteiger charge is -2.14. The molecule has 1 unspecified atom stereocenters. The molecule has 4 rings (SSSR count). The number of benzene rings is 4. The van der Waals surface area contributed by atoms with Crippen LogP contribution in [0.4, 0.5) is 17.1 Å². The van der Waals surface area contributed by atoms with Crippen molar-refractivity contribution in [1.29, 1.82) is 0 Å². The highest BCUT2D eigenvalue weighted by molar-refractivity contribution is 8.00. The highest BCUT2D eigenvalue weighted by atomic mass is 35.5. The molecule has 0 spiro atoms. The predicted molar refractivity (Wildman–Crippen MR) is 170 cm³/mol.